The highest BCUT2D eigenvalue weighted by molar-refractivity contribution is 5.96. The van der Waals surface area contributed by atoms with Crippen molar-refractivity contribution in [1.29, 1.82) is 0 Å². The normalized spacial score (nSPS) is 23.0. The lowest BCUT2D eigenvalue weighted by Gasteiger charge is -2.26. The average Bonchev–Trinajstić information content (AvgIpc) is 2.38. The van der Waals surface area contributed by atoms with Gasteiger partial charge in [0.05, 0.1) is 0 Å². The first kappa shape index (κ1) is 13.8. The van der Waals surface area contributed by atoms with Gasteiger partial charge in [-0.1, -0.05) is 38.0 Å². The zero-order valence-electron chi connectivity index (χ0n) is 11.9. The van der Waals surface area contributed by atoms with Crippen molar-refractivity contribution in [3.05, 3.63) is 35.4 Å². The Labute approximate surface area is 115 Å². The Bertz CT molecular complexity index is 464. The maximum Gasteiger partial charge on any atom is 0.271 e. The van der Waals surface area contributed by atoms with Gasteiger partial charge in [0.25, 0.3) is 5.91 Å². The van der Waals surface area contributed by atoms with Gasteiger partial charge in [0.1, 0.15) is 0 Å². The molecule has 3 heteroatoms. The van der Waals surface area contributed by atoms with E-state index in [0.717, 1.165) is 11.3 Å². The fourth-order valence-electron chi connectivity index (χ4n) is 2.62. The molecule has 0 saturated heterocycles. The van der Waals surface area contributed by atoms with Gasteiger partial charge in [-0.15, -0.1) is 0 Å². The third kappa shape index (κ3) is 3.43. The van der Waals surface area contributed by atoms with Crippen molar-refractivity contribution in [1.82, 2.24) is 5.43 Å². The van der Waals surface area contributed by atoms with Crippen molar-refractivity contribution in [2.45, 2.75) is 40.0 Å². The van der Waals surface area contributed by atoms with Gasteiger partial charge in [-0.05, 0) is 43.7 Å². The van der Waals surface area contributed by atoms with Crippen LogP contribution in [0.1, 0.15) is 49.0 Å². The van der Waals surface area contributed by atoms with E-state index in [1.165, 1.54) is 19.3 Å². The summed E-state index contributed by atoms with van der Waals surface area (Å²) in [5, 5.41) is 4.36. The van der Waals surface area contributed by atoms with Crippen molar-refractivity contribution < 1.29 is 4.79 Å². The van der Waals surface area contributed by atoms with E-state index in [1.54, 1.807) is 0 Å². The summed E-state index contributed by atoms with van der Waals surface area (Å²) in [7, 11) is 0. The van der Waals surface area contributed by atoms with Crippen LogP contribution < -0.4 is 5.43 Å². The van der Waals surface area contributed by atoms with Crippen LogP contribution in [-0.2, 0) is 0 Å². The number of hydrogen-bond acceptors (Lipinski definition) is 2. The van der Waals surface area contributed by atoms with E-state index >= 15 is 0 Å². The number of hydrazone groups is 1. The van der Waals surface area contributed by atoms with Crippen LogP contribution in [0.15, 0.2) is 29.4 Å². The second-order valence-electron chi connectivity index (χ2n) is 5.58. The molecule has 102 valence electrons. The summed E-state index contributed by atoms with van der Waals surface area (Å²) >= 11 is 0. The molecule has 1 saturated carbocycles. The minimum Gasteiger partial charge on any atom is -0.267 e. The number of carbonyl (C=O) groups is 1. The van der Waals surface area contributed by atoms with Crippen molar-refractivity contribution in [3.63, 3.8) is 0 Å². The first-order valence-corrected chi connectivity index (χ1v) is 7.02. The Morgan fingerprint density at radius 2 is 1.74 bits per heavy atom. The van der Waals surface area contributed by atoms with Crippen LogP contribution in [0.3, 0.4) is 0 Å². The van der Waals surface area contributed by atoms with Crippen molar-refractivity contribution in [3.8, 4) is 0 Å². The number of nitrogens with one attached hydrogen (secondary N) is 1. The minimum atomic E-state index is -0.127. The number of hydrogen-bond donors (Lipinski definition) is 1. The zero-order valence-corrected chi connectivity index (χ0v) is 11.9. The van der Waals surface area contributed by atoms with Gasteiger partial charge in [0.15, 0.2) is 0 Å². The van der Waals surface area contributed by atoms with Crippen LogP contribution >= 0.6 is 0 Å². The van der Waals surface area contributed by atoms with Gasteiger partial charge in [-0.3, -0.25) is 4.79 Å². The summed E-state index contributed by atoms with van der Waals surface area (Å²) in [6.45, 7) is 6.38. The van der Waals surface area contributed by atoms with Crippen LogP contribution in [0.25, 0.3) is 0 Å². The third-order valence-corrected chi connectivity index (χ3v) is 3.88. The molecule has 1 N–H and O–H groups in total. The number of benzene rings is 1. The summed E-state index contributed by atoms with van der Waals surface area (Å²) in [4.78, 5) is 12.0. The van der Waals surface area contributed by atoms with Gasteiger partial charge in [-0.2, -0.15) is 5.10 Å². The number of nitrogens with zero attached hydrogens (tertiary/aromatic N) is 1. The van der Waals surface area contributed by atoms with Crippen LogP contribution in [-0.4, -0.2) is 11.6 Å². The fraction of sp³-hybridized carbons (Fsp3) is 0.500. The Morgan fingerprint density at radius 1 is 1.16 bits per heavy atom. The molecule has 0 heterocycles. The van der Waals surface area contributed by atoms with Crippen LogP contribution in [0.4, 0.5) is 0 Å². The second kappa shape index (κ2) is 6.00. The van der Waals surface area contributed by atoms with E-state index in [2.05, 4.69) is 24.4 Å². The lowest BCUT2D eigenvalue weighted by Crippen LogP contribution is -2.29. The van der Waals surface area contributed by atoms with Gasteiger partial charge in [0.2, 0.25) is 0 Å². The Hall–Kier alpha value is -1.64. The molecule has 0 bridgehead atoms. The smallest absolute Gasteiger partial charge is 0.267 e. The second-order valence-corrected chi connectivity index (χ2v) is 5.58. The molecule has 1 aliphatic carbocycles. The topological polar surface area (TPSA) is 41.5 Å². The molecule has 0 aromatic heterocycles. The SMILES string of the molecule is Cc1ccc(C(=O)NN=C2[C@@H](C)CCC[C@@H]2C)cc1. The molecule has 1 aliphatic rings. The van der Waals surface area contributed by atoms with Crippen LogP contribution in [0.5, 0.6) is 0 Å². The quantitative estimate of drug-likeness (QED) is 0.810. The summed E-state index contributed by atoms with van der Waals surface area (Å²) in [5.74, 6) is 0.821. The van der Waals surface area contributed by atoms with Crippen LogP contribution in [0, 0.1) is 18.8 Å². The highest BCUT2D eigenvalue weighted by atomic mass is 16.2. The predicted molar refractivity (Wildman–Crippen MR) is 78.3 cm³/mol. The predicted octanol–water partition coefficient (Wildman–Crippen LogP) is 3.54. The molecular formula is C16H22N2O. The number of rotatable bonds is 2. The van der Waals surface area contributed by atoms with Gasteiger partial charge >= 0.3 is 0 Å². The molecule has 1 fully saturated rings. The number of aryl methyl sites for hydroxylation is 1. The summed E-state index contributed by atoms with van der Waals surface area (Å²) in [5.41, 5.74) is 5.64. The van der Waals surface area contributed by atoms with E-state index in [1.807, 2.05) is 31.2 Å². The molecule has 0 spiro atoms. The largest absolute Gasteiger partial charge is 0.271 e. The first-order chi connectivity index (χ1) is 9.08. The maximum atomic E-state index is 12.0. The molecule has 3 nitrogen and oxygen atoms in total. The molecule has 1 amide bonds. The van der Waals surface area contributed by atoms with E-state index in [9.17, 15) is 4.79 Å². The van der Waals surface area contributed by atoms with Crippen molar-refractivity contribution in [2.24, 2.45) is 16.9 Å². The molecule has 2 rings (SSSR count). The summed E-state index contributed by atoms with van der Waals surface area (Å²) in [6.07, 6.45) is 3.60. The fourth-order valence-corrected chi connectivity index (χ4v) is 2.62. The standard InChI is InChI=1S/C16H22N2O/c1-11-7-9-14(10-8-11)16(19)18-17-15-12(2)5-4-6-13(15)3/h7-10,12-13H,4-6H2,1-3H3,(H,18,19)/t12-,13-/m0/s1. The monoisotopic (exact) mass is 258 g/mol. The van der Waals surface area contributed by atoms with E-state index in [4.69, 9.17) is 0 Å². The lowest BCUT2D eigenvalue weighted by atomic mass is 9.81. The van der Waals surface area contributed by atoms with E-state index in [-0.39, 0.29) is 5.91 Å². The number of carbonyl (C=O) groups excluding carboxylic acids is 1. The molecule has 2 atom stereocenters. The maximum absolute atomic E-state index is 12.0. The summed E-state index contributed by atoms with van der Waals surface area (Å²) < 4.78 is 0. The van der Waals surface area contributed by atoms with Gasteiger partial charge in [-0.25, -0.2) is 5.43 Å². The molecule has 1 aromatic rings. The van der Waals surface area contributed by atoms with E-state index < -0.39 is 0 Å². The van der Waals surface area contributed by atoms with Crippen LogP contribution in [0.2, 0.25) is 0 Å². The molecule has 0 radical (unpaired) electrons. The Balaban J connectivity index is 2.04. The summed E-state index contributed by atoms with van der Waals surface area (Å²) in [6, 6.07) is 7.54. The number of amides is 1. The van der Waals surface area contributed by atoms with Gasteiger partial charge in [0, 0.05) is 11.3 Å². The Morgan fingerprint density at radius 3 is 2.32 bits per heavy atom. The highest BCUT2D eigenvalue weighted by Crippen LogP contribution is 2.25. The first-order valence-electron chi connectivity index (χ1n) is 7.02. The van der Waals surface area contributed by atoms with E-state index in [0.29, 0.717) is 17.4 Å². The van der Waals surface area contributed by atoms with Crippen molar-refractivity contribution >= 4 is 11.6 Å². The molecule has 1 aromatic carbocycles. The molecule has 0 aliphatic heterocycles. The highest BCUT2D eigenvalue weighted by Gasteiger charge is 2.23. The molecular weight excluding hydrogens is 236 g/mol. The Kier molecular flexibility index (Phi) is 4.35. The van der Waals surface area contributed by atoms with Crippen molar-refractivity contribution in [2.75, 3.05) is 0 Å². The lowest BCUT2D eigenvalue weighted by molar-refractivity contribution is 0.0954. The van der Waals surface area contributed by atoms with Gasteiger partial charge < -0.3 is 0 Å². The molecule has 19 heavy (non-hydrogen) atoms. The molecule has 0 unspecified atom stereocenters. The minimum absolute atomic E-state index is 0.127. The zero-order chi connectivity index (χ0) is 13.8. The average molecular weight is 258 g/mol. The third-order valence-electron chi connectivity index (χ3n) is 3.88.